The summed E-state index contributed by atoms with van der Waals surface area (Å²) in [5.41, 5.74) is 6.07. The quantitative estimate of drug-likeness (QED) is 0.500. The number of guanidine groups is 1. The maximum atomic E-state index is 10.7. The van der Waals surface area contributed by atoms with Crippen LogP contribution in [0.5, 0.6) is 5.75 Å². The van der Waals surface area contributed by atoms with E-state index < -0.39 is 5.91 Å². The highest BCUT2D eigenvalue weighted by molar-refractivity contribution is 5.80. The molecule has 0 aliphatic carbocycles. The molecule has 0 heterocycles. The normalized spacial score (nSPS) is 12.6. The molecule has 0 aliphatic heterocycles. The van der Waals surface area contributed by atoms with Gasteiger partial charge in [-0.25, -0.2) is 4.99 Å². The number of hydrogen-bond acceptors (Lipinski definition) is 3. The number of nitrogens with two attached hydrogens (primary N) is 1. The van der Waals surface area contributed by atoms with Crippen LogP contribution in [-0.2, 0) is 11.3 Å². The van der Waals surface area contributed by atoms with E-state index in [-0.39, 0.29) is 6.61 Å². The topological polar surface area (TPSA) is 88.7 Å². The summed E-state index contributed by atoms with van der Waals surface area (Å²) in [6.07, 6.45) is 1.03. The minimum absolute atomic E-state index is 0.120. The average Bonchev–Trinajstić information content (AvgIpc) is 2.51. The van der Waals surface area contributed by atoms with E-state index in [0.717, 1.165) is 24.5 Å². The second-order valence-electron chi connectivity index (χ2n) is 5.05. The molecule has 1 aromatic rings. The van der Waals surface area contributed by atoms with Crippen molar-refractivity contribution >= 4 is 11.9 Å². The van der Waals surface area contributed by atoms with Crippen molar-refractivity contribution in [2.75, 3.05) is 13.2 Å². The van der Waals surface area contributed by atoms with Gasteiger partial charge in [0.25, 0.3) is 5.91 Å². The van der Waals surface area contributed by atoms with E-state index in [1.165, 1.54) is 0 Å². The Bertz CT molecular complexity index is 503. The first kappa shape index (κ1) is 17.8. The lowest BCUT2D eigenvalue weighted by Crippen LogP contribution is -2.41. The van der Waals surface area contributed by atoms with Gasteiger partial charge in [-0.1, -0.05) is 19.1 Å². The molecule has 122 valence electrons. The third kappa shape index (κ3) is 6.97. The van der Waals surface area contributed by atoms with Crippen molar-refractivity contribution in [2.24, 2.45) is 10.7 Å². The van der Waals surface area contributed by atoms with Crippen molar-refractivity contribution < 1.29 is 9.53 Å². The summed E-state index contributed by atoms with van der Waals surface area (Å²) in [4.78, 5) is 15.3. The lowest BCUT2D eigenvalue weighted by Gasteiger charge is -2.16. The van der Waals surface area contributed by atoms with E-state index in [4.69, 9.17) is 10.5 Å². The van der Waals surface area contributed by atoms with Crippen LogP contribution in [-0.4, -0.2) is 31.1 Å². The van der Waals surface area contributed by atoms with E-state index in [2.05, 4.69) is 29.5 Å². The molecule has 6 nitrogen and oxygen atoms in total. The molecule has 1 amide bonds. The summed E-state index contributed by atoms with van der Waals surface area (Å²) < 4.78 is 5.29. The van der Waals surface area contributed by atoms with Crippen molar-refractivity contribution in [2.45, 2.75) is 39.8 Å². The zero-order valence-corrected chi connectivity index (χ0v) is 13.6. The highest BCUT2D eigenvalue weighted by atomic mass is 16.5. The molecule has 1 unspecified atom stereocenters. The zero-order chi connectivity index (χ0) is 16.4. The Morgan fingerprint density at radius 1 is 1.41 bits per heavy atom. The molecule has 0 radical (unpaired) electrons. The maximum Gasteiger partial charge on any atom is 0.255 e. The first-order chi connectivity index (χ1) is 10.5. The second kappa shape index (κ2) is 9.65. The Balaban J connectivity index is 2.68. The van der Waals surface area contributed by atoms with Gasteiger partial charge >= 0.3 is 0 Å². The Hall–Kier alpha value is -2.24. The number of carbonyl (C=O) groups excluding carboxylic acids is 1. The van der Waals surface area contributed by atoms with Gasteiger partial charge in [-0.15, -0.1) is 0 Å². The largest absolute Gasteiger partial charge is 0.484 e. The lowest BCUT2D eigenvalue weighted by molar-refractivity contribution is -0.119. The van der Waals surface area contributed by atoms with E-state index in [0.29, 0.717) is 18.3 Å². The molecule has 0 saturated carbocycles. The molecule has 1 atom stereocenters. The number of rotatable bonds is 8. The molecule has 0 fully saturated rings. The molecule has 6 heteroatoms. The predicted molar refractivity (Wildman–Crippen MR) is 88.8 cm³/mol. The maximum absolute atomic E-state index is 10.7. The summed E-state index contributed by atoms with van der Waals surface area (Å²) in [6, 6.07) is 7.85. The summed E-state index contributed by atoms with van der Waals surface area (Å²) >= 11 is 0. The van der Waals surface area contributed by atoms with E-state index in [1.807, 2.05) is 25.1 Å². The van der Waals surface area contributed by atoms with Crippen molar-refractivity contribution in [3.05, 3.63) is 29.8 Å². The lowest BCUT2D eigenvalue weighted by atomic mass is 10.2. The highest BCUT2D eigenvalue weighted by Crippen LogP contribution is 2.13. The summed E-state index contributed by atoms with van der Waals surface area (Å²) in [6.45, 7) is 7.49. The summed E-state index contributed by atoms with van der Waals surface area (Å²) in [5.74, 6) is 0.919. The summed E-state index contributed by atoms with van der Waals surface area (Å²) in [7, 11) is 0. The van der Waals surface area contributed by atoms with E-state index in [1.54, 1.807) is 6.07 Å². The SMILES string of the molecule is CCNC(=NCc1cccc(OCC(N)=O)c1)NC(C)CC. The number of benzene rings is 1. The molecule has 0 bridgehead atoms. The second-order valence-corrected chi connectivity index (χ2v) is 5.05. The first-order valence-electron chi connectivity index (χ1n) is 7.60. The molecule has 22 heavy (non-hydrogen) atoms. The van der Waals surface area contributed by atoms with Crippen LogP contribution in [0.15, 0.2) is 29.3 Å². The van der Waals surface area contributed by atoms with Gasteiger partial charge in [0.05, 0.1) is 6.54 Å². The molecule has 0 aliphatic rings. The number of carbonyl (C=O) groups is 1. The summed E-state index contributed by atoms with van der Waals surface area (Å²) in [5, 5.41) is 6.56. The van der Waals surface area contributed by atoms with Crippen molar-refractivity contribution in [3.63, 3.8) is 0 Å². The van der Waals surface area contributed by atoms with Gasteiger partial charge in [0.15, 0.2) is 12.6 Å². The minimum Gasteiger partial charge on any atom is -0.484 e. The fourth-order valence-electron chi connectivity index (χ4n) is 1.71. The Morgan fingerprint density at radius 2 is 2.18 bits per heavy atom. The molecule has 1 aromatic carbocycles. The van der Waals surface area contributed by atoms with Crippen molar-refractivity contribution in [1.29, 1.82) is 0 Å². The zero-order valence-electron chi connectivity index (χ0n) is 13.6. The molecular weight excluding hydrogens is 280 g/mol. The molecular formula is C16H26N4O2. The molecule has 4 N–H and O–H groups in total. The first-order valence-corrected chi connectivity index (χ1v) is 7.60. The van der Waals surface area contributed by atoms with E-state index in [9.17, 15) is 4.79 Å². The van der Waals surface area contributed by atoms with Crippen molar-refractivity contribution in [3.8, 4) is 5.75 Å². The highest BCUT2D eigenvalue weighted by Gasteiger charge is 2.03. The van der Waals surface area contributed by atoms with Crippen LogP contribution in [0.2, 0.25) is 0 Å². The number of aliphatic imine (C=N–C) groups is 1. The fraction of sp³-hybridized carbons (Fsp3) is 0.500. The van der Waals surface area contributed by atoms with Crippen LogP contribution in [0.3, 0.4) is 0 Å². The number of hydrogen-bond donors (Lipinski definition) is 3. The average molecular weight is 306 g/mol. The standard InChI is InChI=1S/C16H26N4O2/c1-4-12(3)20-16(18-5-2)19-10-13-7-6-8-14(9-13)22-11-15(17)21/h6-9,12H,4-5,10-11H2,1-3H3,(H2,17,21)(H2,18,19,20). The number of nitrogens with one attached hydrogen (secondary N) is 2. The third-order valence-corrected chi connectivity index (χ3v) is 3.04. The van der Waals surface area contributed by atoms with Gasteiger partial charge in [-0.3, -0.25) is 4.79 Å². The number of primary amides is 1. The van der Waals surface area contributed by atoms with Crippen LogP contribution >= 0.6 is 0 Å². The van der Waals surface area contributed by atoms with Crippen LogP contribution in [0.1, 0.15) is 32.8 Å². The van der Waals surface area contributed by atoms with Crippen LogP contribution < -0.4 is 21.1 Å². The fourth-order valence-corrected chi connectivity index (χ4v) is 1.71. The van der Waals surface area contributed by atoms with Crippen LogP contribution in [0, 0.1) is 0 Å². The van der Waals surface area contributed by atoms with Gasteiger partial charge < -0.3 is 21.1 Å². The van der Waals surface area contributed by atoms with Gasteiger partial charge in [0.1, 0.15) is 5.75 Å². The number of nitrogens with zero attached hydrogens (tertiary/aromatic N) is 1. The van der Waals surface area contributed by atoms with Crippen LogP contribution in [0.4, 0.5) is 0 Å². The molecule has 0 spiro atoms. The smallest absolute Gasteiger partial charge is 0.255 e. The third-order valence-electron chi connectivity index (χ3n) is 3.04. The minimum atomic E-state index is -0.490. The van der Waals surface area contributed by atoms with Gasteiger partial charge in [0, 0.05) is 12.6 Å². The monoisotopic (exact) mass is 306 g/mol. The predicted octanol–water partition coefficient (Wildman–Crippen LogP) is 1.40. The molecule has 0 aromatic heterocycles. The van der Waals surface area contributed by atoms with Gasteiger partial charge in [-0.2, -0.15) is 0 Å². The molecule has 1 rings (SSSR count). The number of amides is 1. The van der Waals surface area contributed by atoms with E-state index >= 15 is 0 Å². The molecule has 0 saturated heterocycles. The van der Waals surface area contributed by atoms with Gasteiger partial charge in [0.2, 0.25) is 0 Å². The Morgan fingerprint density at radius 3 is 2.82 bits per heavy atom. The van der Waals surface area contributed by atoms with Gasteiger partial charge in [-0.05, 0) is 38.0 Å². The van der Waals surface area contributed by atoms with Crippen LogP contribution in [0.25, 0.3) is 0 Å². The number of ether oxygens (including phenoxy) is 1. The van der Waals surface area contributed by atoms with Crippen molar-refractivity contribution in [1.82, 2.24) is 10.6 Å². The Labute approximate surface area is 132 Å². The Kier molecular flexibility index (Phi) is 7.81.